The second kappa shape index (κ2) is 9.67. The van der Waals surface area contributed by atoms with Crippen LogP contribution in [-0.2, 0) is 4.79 Å². The van der Waals surface area contributed by atoms with Crippen molar-refractivity contribution in [2.45, 2.75) is 59.0 Å². The lowest BCUT2D eigenvalue weighted by molar-refractivity contribution is -0.127. The molecule has 4 nitrogen and oxygen atoms in total. The summed E-state index contributed by atoms with van der Waals surface area (Å²) in [6, 6.07) is 5.94. The fraction of sp³-hybridized carbons (Fsp3) is 0.650. The van der Waals surface area contributed by atoms with Crippen molar-refractivity contribution in [1.82, 2.24) is 10.2 Å². The molecule has 1 N–H and O–H groups in total. The van der Waals surface area contributed by atoms with Crippen molar-refractivity contribution < 1.29 is 9.53 Å². The van der Waals surface area contributed by atoms with E-state index in [1.54, 1.807) is 0 Å². The number of aryl methyl sites for hydroxylation is 1. The number of likely N-dealkylation sites (tertiary alicyclic amines) is 1. The summed E-state index contributed by atoms with van der Waals surface area (Å²) in [6.07, 6.45) is 5.88. The molecule has 1 aromatic rings. The van der Waals surface area contributed by atoms with Crippen molar-refractivity contribution in [3.63, 3.8) is 0 Å². The van der Waals surface area contributed by atoms with Crippen LogP contribution in [0, 0.1) is 13.8 Å². The number of ether oxygens (including phenoxy) is 1. The maximum absolute atomic E-state index is 12.2. The van der Waals surface area contributed by atoms with Gasteiger partial charge in [-0.15, -0.1) is 0 Å². The second-order valence-electron chi connectivity index (χ2n) is 6.86. The first-order valence-corrected chi connectivity index (χ1v) is 9.31. The molecule has 1 heterocycles. The Labute approximate surface area is 146 Å². The first kappa shape index (κ1) is 18.8. The van der Waals surface area contributed by atoms with Crippen molar-refractivity contribution in [3.8, 4) is 5.75 Å². The van der Waals surface area contributed by atoms with Crippen LogP contribution < -0.4 is 10.1 Å². The number of hydrogen-bond acceptors (Lipinski definition) is 3. The zero-order valence-electron chi connectivity index (χ0n) is 15.4. The third-order valence-corrected chi connectivity index (χ3v) is 4.88. The molecule has 1 amide bonds. The van der Waals surface area contributed by atoms with E-state index >= 15 is 0 Å². The molecular weight excluding hydrogens is 300 g/mol. The van der Waals surface area contributed by atoms with Crippen LogP contribution >= 0.6 is 0 Å². The van der Waals surface area contributed by atoms with E-state index in [2.05, 4.69) is 23.2 Å². The SMILES string of the molecule is Cc1cccc(O[C@@H](C)C(=O)NCCCN2CCCCCC2)c1C. The molecule has 1 fully saturated rings. The summed E-state index contributed by atoms with van der Waals surface area (Å²) >= 11 is 0. The molecule has 0 aromatic heterocycles. The molecule has 1 aromatic carbocycles. The van der Waals surface area contributed by atoms with E-state index < -0.39 is 6.10 Å². The average Bonchev–Trinajstić information content (AvgIpc) is 2.84. The number of amides is 1. The molecule has 24 heavy (non-hydrogen) atoms. The summed E-state index contributed by atoms with van der Waals surface area (Å²) in [5, 5.41) is 3.00. The molecule has 0 spiro atoms. The topological polar surface area (TPSA) is 41.6 Å². The molecule has 0 bridgehead atoms. The Morgan fingerprint density at radius 1 is 1.21 bits per heavy atom. The molecule has 1 atom stereocenters. The number of rotatable bonds is 7. The summed E-state index contributed by atoms with van der Waals surface area (Å²) in [5.74, 6) is 0.758. The molecule has 1 saturated heterocycles. The van der Waals surface area contributed by atoms with Gasteiger partial charge in [-0.1, -0.05) is 25.0 Å². The van der Waals surface area contributed by atoms with Gasteiger partial charge in [0.25, 0.3) is 5.91 Å². The predicted octanol–water partition coefficient (Wildman–Crippen LogP) is 3.45. The normalized spacial score (nSPS) is 17.1. The molecule has 0 saturated carbocycles. The first-order chi connectivity index (χ1) is 11.6. The van der Waals surface area contributed by atoms with Crippen LogP contribution in [0.1, 0.15) is 50.2 Å². The summed E-state index contributed by atoms with van der Waals surface area (Å²) in [4.78, 5) is 14.7. The smallest absolute Gasteiger partial charge is 0.260 e. The van der Waals surface area contributed by atoms with Crippen molar-refractivity contribution in [2.24, 2.45) is 0 Å². The molecule has 1 aliphatic heterocycles. The number of carbonyl (C=O) groups is 1. The van der Waals surface area contributed by atoms with Gasteiger partial charge in [-0.2, -0.15) is 0 Å². The second-order valence-corrected chi connectivity index (χ2v) is 6.86. The number of nitrogens with zero attached hydrogens (tertiary/aromatic N) is 1. The Bertz CT molecular complexity index is 522. The average molecular weight is 332 g/mol. The lowest BCUT2D eigenvalue weighted by Crippen LogP contribution is -2.38. The highest BCUT2D eigenvalue weighted by Gasteiger charge is 2.16. The van der Waals surface area contributed by atoms with Gasteiger partial charge >= 0.3 is 0 Å². The van der Waals surface area contributed by atoms with E-state index in [0.29, 0.717) is 0 Å². The van der Waals surface area contributed by atoms with Crippen molar-refractivity contribution in [3.05, 3.63) is 29.3 Å². The van der Waals surface area contributed by atoms with E-state index in [1.807, 2.05) is 26.0 Å². The van der Waals surface area contributed by atoms with Crippen LogP contribution in [0.3, 0.4) is 0 Å². The standard InChI is InChI=1S/C20H32N2O2/c1-16-10-8-11-19(17(16)2)24-18(3)20(23)21-12-9-15-22-13-6-4-5-7-14-22/h8,10-11,18H,4-7,9,12-15H2,1-3H3,(H,21,23)/t18-/m0/s1. The largest absolute Gasteiger partial charge is 0.481 e. The van der Waals surface area contributed by atoms with Crippen LogP contribution in [-0.4, -0.2) is 43.1 Å². The lowest BCUT2D eigenvalue weighted by Gasteiger charge is -2.20. The van der Waals surface area contributed by atoms with Gasteiger partial charge < -0.3 is 15.0 Å². The van der Waals surface area contributed by atoms with Crippen molar-refractivity contribution in [2.75, 3.05) is 26.2 Å². The summed E-state index contributed by atoms with van der Waals surface area (Å²) in [7, 11) is 0. The van der Waals surface area contributed by atoms with Crippen LogP contribution in [0.5, 0.6) is 5.75 Å². The van der Waals surface area contributed by atoms with E-state index in [4.69, 9.17) is 4.74 Å². The molecule has 1 aliphatic rings. The minimum absolute atomic E-state index is 0.0354. The molecule has 0 radical (unpaired) electrons. The van der Waals surface area contributed by atoms with E-state index in [0.717, 1.165) is 30.8 Å². The predicted molar refractivity (Wildman–Crippen MR) is 98.5 cm³/mol. The number of carbonyl (C=O) groups excluding carboxylic acids is 1. The summed E-state index contributed by atoms with van der Waals surface area (Å²) in [5.41, 5.74) is 2.27. The lowest BCUT2D eigenvalue weighted by atomic mass is 10.1. The Hall–Kier alpha value is -1.55. The van der Waals surface area contributed by atoms with E-state index in [1.165, 1.54) is 44.3 Å². The molecule has 0 aliphatic carbocycles. The van der Waals surface area contributed by atoms with E-state index in [9.17, 15) is 4.79 Å². The van der Waals surface area contributed by atoms with Gasteiger partial charge in [0.2, 0.25) is 0 Å². The van der Waals surface area contributed by atoms with Crippen LogP contribution in [0.4, 0.5) is 0 Å². The van der Waals surface area contributed by atoms with Crippen molar-refractivity contribution in [1.29, 1.82) is 0 Å². The minimum atomic E-state index is -0.469. The fourth-order valence-electron chi connectivity index (χ4n) is 3.11. The first-order valence-electron chi connectivity index (χ1n) is 9.31. The van der Waals surface area contributed by atoms with Gasteiger partial charge in [0.05, 0.1) is 0 Å². The highest BCUT2D eigenvalue weighted by Crippen LogP contribution is 2.21. The third-order valence-electron chi connectivity index (χ3n) is 4.88. The highest BCUT2D eigenvalue weighted by atomic mass is 16.5. The van der Waals surface area contributed by atoms with Gasteiger partial charge in [0.1, 0.15) is 5.75 Å². The maximum atomic E-state index is 12.2. The van der Waals surface area contributed by atoms with Gasteiger partial charge in [-0.05, 0) is 76.9 Å². The summed E-state index contributed by atoms with van der Waals surface area (Å²) < 4.78 is 5.83. The Morgan fingerprint density at radius 2 is 1.92 bits per heavy atom. The monoisotopic (exact) mass is 332 g/mol. The van der Waals surface area contributed by atoms with Gasteiger partial charge in [0.15, 0.2) is 6.10 Å². The van der Waals surface area contributed by atoms with Gasteiger partial charge in [0, 0.05) is 6.54 Å². The third kappa shape index (κ3) is 5.82. The quantitative estimate of drug-likeness (QED) is 0.778. The molecule has 134 valence electrons. The molecular formula is C20H32N2O2. The highest BCUT2D eigenvalue weighted by molar-refractivity contribution is 5.80. The van der Waals surface area contributed by atoms with Crippen LogP contribution in [0.25, 0.3) is 0 Å². The van der Waals surface area contributed by atoms with Gasteiger partial charge in [-0.3, -0.25) is 4.79 Å². The zero-order valence-corrected chi connectivity index (χ0v) is 15.4. The number of benzene rings is 1. The zero-order chi connectivity index (χ0) is 17.4. The van der Waals surface area contributed by atoms with Crippen LogP contribution in [0.2, 0.25) is 0 Å². The Morgan fingerprint density at radius 3 is 2.62 bits per heavy atom. The Kier molecular flexibility index (Phi) is 7.57. The van der Waals surface area contributed by atoms with E-state index in [-0.39, 0.29) is 5.91 Å². The summed E-state index contributed by atoms with van der Waals surface area (Å²) in [6.45, 7) is 10.1. The van der Waals surface area contributed by atoms with Gasteiger partial charge in [-0.25, -0.2) is 0 Å². The molecule has 4 heteroatoms. The Balaban J connectivity index is 1.68. The van der Waals surface area contributed by atoms with Crippen molar-refractivity contribution >= 4 is 5.91 Å². The number of nitrogens with one attached hydrogen (secondary N) is 1. The minimum Gasteiger partial charge on any atom is -0.481 e. The maximum Gasteiger partial charge on any atom is 0.260 e. The molecule has 2 rings (SSSR count). The van der Waals surface area contributed by atoms with Crippen LogP contribution in [0.15, 0.2) is 18.2 Å². The number of hydrogen-bond donors (Lipinski definition) is 1. The fourth-order valence-corrected chi connectivity index (χ4v) is 3.11. The molecule has 0 unspecified atom stereocenters.